The predicted molar refractivity (Wildman–Crippen MR) is 89.7 cm³/mol. The molecule has 24 heavy (non-hydrogen) atoms. The fourth-order valence-electron chi connectivity index (χ4n) is 3.45. The van der Waals surface area contributed by atoms with Crippen molar-refractivity contribution in [1.82, 2.24) is 29.0 Å². The molecule has 0 spiro atoms. The van der Waals surface area contributed by atoms with E-state index < -0.39 is 0 Å². The SMILES string of the molecule is Cc1cccn2c(=O)cc(CN3CCC[C@@H]3Cn3cncn3)nc12. The van der Waals surface area contributed by atoms with Crippen molar-refractivity contribution in [2.24, 2.45) is 0 Å². The molecule has 7 nitrogen and oxygen atoms in total. The van der Waals surface area contributed by atoms with Gasteiger partial charge in [-0.25, -0.2) is 9.97 Å². The molecule has 0 saturated carbocycles. The van der Waals surface area contributed by atoms with Crippen molar-refractivity contribution in [3.63, 3.8) is 0 Å². The summed E-state index contributed by atoms with van der Waals surface area (Å²) >= 11 is 0. The van der Waals surface area contributed by atoms with Crippen LogP contribution < -0.4 is 5.56 Å². The Hall–Kier alpha value is -2.54. The summed E-state index contributed by atoms with van der Waals surface area (Å²) < 4.78 is 3.48. The normalized spacial score (nSPS) is 18.5. The van der Waals surface area contributed by atoms with E-state index in [0.29, 0.717) is 12.6 Å². The average Bonchev–Trinajstić information content (AvgIpc) is 3.22. The van der Waals surface area contributed by atoms with Crippen molar-refractivity contribution in [3.8, 4) is 0 Å². The third-order valence-corrected chi connectivity index (χ3v) is 4.67. The highest BCUT2D eigenvalue weighted by Crippen LogP contribution is 2.20. The van der Waals surface area contributed by atoms with Crippen molar-refractivity contribution in [3.05, 3.63) is 58.7 Å². The number of likely N-dealkylation sites (tertiary alicyclic amines) is 1. The first-order valence-corrected chi connectivity index (χ1v) is 8.25. The minimum absolute atomic E-state index is 0.0225. The molecular weight excluding hydrogens is 304 g/mol. The zero-order chi connectivity index (χ0) is 16.5. The summed E-state index contributed by atoms with van der Waals surface area (Å²) in [6.45, 7) is 4.52. The van der Waals surface area contributed by atoms with Crippen molar-refractivity contribution in [1.29, 1.82) is 0 Å². The van der Waals surface area contributed by atoms with E-state index in [9.17, 15) is 4.79 Å². The van der Waals surface area contributed by atoms with Gasteiger partial charge in [0.15, 0.2) is 0 Å². The van der Waals surface area contributed by atoms with Crippen LogP contribution in [-0.2, 0) is 13.1 Å². The third kappa shape index (κ3) is 2.82. The molecule has 124 valence electrons. The predicted octanol–water partition coefficient (Wildman–Crippen LogP) is 1.26. The van der Waals surface area contributed by atoms with Crippen LogP contribution in [-0.4, -0.2) is 41.6 Å². The van der Waals surface area contributed by atoms with Gasteiger partial charge in [0.2, 0.25) is 0 Å². The van der Waals surface area contributed by atoms with E-state index in [2.05, 4.69) is 15.0 Å². The number of hydrogen-bond acceptors (Lipinski definition) is 5. The van der Waals surface area contributed by atoms with Crippen LogP contribution in [0.3, 0.4) is 0 Å². The van der Waals surface area contributed by atoms with Gasteiger partial charge in [-0.3, -0.25) is 18.8 Å². The minimum atomic E-state index is -0.0225. The summed E-state index contributed by atoms with van der Waals surface area (Å²) in [5, 5.41) is 4.20. The summed E-state index contributed by atoms with van der Waals surface area (Å²) in [6.07, 6.45) is 7.37. The Balaban J connectivity index is 1.59. The Morgan fingerprint density at radius 1 is 1.38 bits per heavy atom. The fourth-order valence-corrected chi connectivity index (χ4v) is 3.45. The highest BCUT2D eigenvalue weighted by atomic mass is 16.1. The maximum atomic E-state index is 12.3. The molecule has 7 heteroatoms. The van der Waals surface area contributed by atoms with Gasteiger partial charge in [-0.05, 0) is 37.9 Å². The molecule has 0 radical (unpaired) electrons. The van der Waals surface area contributed by atoms with Crippen LogP contribution in [0.5, 0.6) is 0 Å². The van der Waals surface area contributed by atoms with Gasteiger partial charge >= 0.3 is 0 Å². The zero-order valence-electron chi connectivity index (χ0n) is 13.7. The second-order valence-corrected chi connectivity index (χ2v) is 6.35. The third-order valence-electron chi connectivity index (χ3n) is 4.67. The molecule has 0 bridgehead atoms. The lowest BCUT2D eigenvalue weighted by Gasteiger charge is -2.24. The molecule has 4 rings (SSSR count). The molecular formula is C17H20N6O. The van der Waals surface area contributed by atoms with Gasteiger partial charge < -0.3 is 0 Å². The van der Waals surface area contributed by atoms with Crippen molar-refractivity contribution in [2.45, 2.75) is 38.9 Å². The quantitative estimate of drug-likeness (QED) is 0.723. The summed E-state index contributed by atoms with van der Waals surface area (Å²) in [7, 11) is 0. The monoisotopic (exact) mass is 324 g/mol. The van der Waals surface area contributed by atoms with E-state index >= 15 is 0 Å². The van der Waals surface area contributed by atoms with Gasteiger partial charge in [0.25, 0.3) is 5.56 Å². The lowest BCUT2D eigenvalue weighted by atomic mass is 10.2. The largest absolute Gasteiger partial charge is 0.293 e. The zero-order valence-corrected chi connectivity index (χ0v) is 13.7. The Labute approximate surface area is 139 Å². The minimum Gasteiger partial charge on any atom is -0.293 e. The number of pyridine rings is 1. The Morgan fingerprint density at radius 3 is 3.12 bits per heavy atom. The van der Waals surface area contributed by atoms with E-state index in [4.69, 9.17) is 4.98 Å². The number of rotatable bonds is 4. The summed E-state index contributed by atoms with van der Waals surface area (Å²) in [5.74, 6) is 0. The Kier molecular flexibility index (Phi) is 3.86. The second kappa shape index (κ2) is 6.16. The molecule has 1 fully saturated rings. The fraction of sp³-hybridized carbons (Fsp3) is 0.412. The van der Waals surface area contributed by atoms with Crippen LogP contribution in [0.1, 0.15) is 24.1 Å². The molecule has 4 heterocycles. The number of fused-ring (bicyclic) bond motifs is 1. The van der Waals surface area contributed by atoms with Crippen molar-refractivity contribution < 1.29 is 0 Å². The van der Waals surface area contributed by atoms with Crippen LogP contribution >= 0.6 is 0 Å². The van der Waals surface area contributed by atoms with Gasteiger partial charge in [0, 0.05) is 24.8 Å². The van der Waals surface area contributed by atoms with Crippen LogP contribution in [0.15, 0.2) is 41.8 Å². The lowest BCUT2D eigenvalue weighted by molar-refractivity contribution is 0.216. The second-order valence-electron chi connectivity index (χ2n) is 6.35. The topological polar surface area (TPSA) is 68.3 Å². The standard InChI is InChI=1S/C17H20N6O/c1-13-4-2-7-23-16(24)8-14(20-17(13)23)9-21-6-3-5-15(21)10-22-12-18-11-19-22/h2,4,7-8,11-12,15H,3,5-6,9-10H2,1H3/t15-/m1/s1. The van der Waals surface area contributed by atoms with Crippen LogP contribution in [0.2, 0.25) is 0 Å². The molecule has 1 saturated heterocycles. The highest BCUT2D eigenvalue weighted by Gasteiger charge is 2.25. The van der Waals surface area contributed by atoms with E-state index in [-0.39, 0.29) is 5.56 Å². The van der Waals surface area contributed by atoms with Gasteiger partial charge in [0.05, 0.1) is 12.2 Å². The number of hydrogen-bond donors (Lipinski definition) is 0. The molecule has 3 aromatic rings. The van der Waals surface area contributed by atoms with Crippen LogP contribution in [0.4, 0.5) is 0 Å². The molecule has 0 N–H and O–H groups in total. The molecule has 0 aromatic carbocycles. The van der Waals surface area contributed by atoms with Gasteiger partial charge in [-0.15, -0.1) is 0 Å². The molecule has 1 aliphatic rings. The van der Waals surface area contributed by atoms with Crippen molar-refractivity contribution in [2.75, 3.05) is 6.54 Å². The smallest absolute Gasteiger partial charge is 0.258 e. The van der Waals surface area contributed by atoms with Crippen LogP contribution in [0.25, 0.3) is 5.65 Å². The number of aryl methyl sites for hydroxylation is 1. The summed E-state index contributed by atoms with van der Waals surface area (Å²) in [6, 6.07) is 5.91. The number of nitrogens with zero attached hydrogens (tertiary/aromatic N) is 6. The summed E-state index contributed by atoms with van der Waals surface area (Å²) in [4.78, 5) is 23.5. The molecule has 0 aliphatic carbocycles. The first-order chi connectivity index (χ1) is 11.7. The maximum absolute atomic E-state index is 12.3. The van der Waals surface area contributed by atoms with Crippen molar-refractivity contribution >= 4 is 5.65 Å². The Bertz CT molecular complexity index is 901. The molecule has 1 aliphatic heterocycles. The van der Waals surface area contributed by atoms with E-state index in [0.717, 1.165) is 42.8 Å². The van der Waals surface area contributed by atoms with E-state index in [1.165, 1.54) is 0 Å². The van der Waals surface area contributed by atoms with Gasteiger partial charge in [-0.2, -0.15) is 5.10 Å². The lowest BCUT2D eigenvalue weighted by Crippen LogP contribution is -2.33. The first-order valence-electron chi connectivity index (χ1n) is 8.25. The summed E-state index contributed by atoms with van der Waals surface area (Å²) in [5.41, 5.74) is 2.56. The van der Waals surface area contributed by atoms with Crippen LogP contribution in [0, 0.1) is 6.92 Å². The Morgan fingerprint density at radius 2 is 2.29 bits per heavy atom. The molecule has 3 aromatic heterocycles. The maximum Gasteiger partial charge on any atom is 0.258 e. The highest BCUT2D eigenvalue weighted by molar-refractivity contribution is 5.46. The van der Waals surface area contributed by atoms with Gasteiger partial charge in [0.1, 0.15) is 18.3 Å². The first kappa shape index (κ1) is 15.0. The van der Waals surface area contributed by atoms with E-state index in [1.807, 2.05) is 23.7 Å². The van der Waals surface area contributed by atoms with Gasteiger partial charge in [-0.1, -0.05) is 6.07 Å². The molecule has 0 unspecified atom stereocenters. The number of aromatic nitrogens is 5. The average molecular weight is 324 g/mol. The molecule has 0 amide bonds. The molecule has 1 atom stereocenters. The van der Waals surface area contributed by atoms with E-state index in [1.54, 1.807) is 29.3 Å².